The first kappa shape index (κ1) is 21.0. The molecule has 2 heterocycles. The number of nitrogens with one attached hydrogen (secondary N) is 2. The van der Waals surface area contributed by atoms with Crippen molar-refractivity contribution >= 4 is 29.3 Å². The largest absolute Gasteiger partial charge is 0.340 e. The molecule has 0 spiro atoms. The molecular formula is C25H29N5O. The molecule has 4 rings (SSSR count). The Kier molecular flexibility index (Phi) is 6.60. The van der Waals surface area contributed by atoms with Gasteiger partial charge in [0.25, 0.3) is 0 Å². The lowest BCUT2D eigenvalue weighted by Gasteiger charge is -2.32. The van der Waals surface area contributed by atoms with Crippen LogP contribution in [0.3, 0.4) is 0 Å². The molecule has 31 heavy (non-hydrogen) atoms. The highest BCUT2D eigenvalue weighted by Gasteiger charge is 2.13. The molecule has 0 amide bonds. The second kappa shape index (κ2) is 9.73. The van der Waals surface area contributed by atoms with Crippen molar-refractivity contribution in [1.82, 2.24) is 14.8 Å². The number of likely N-dealkylation sites (N-methyl/N-ethyl adjacent to an activating group) is 1. The monoisotopic (exact) mass is 415 g/mol. The van der Waals surface area contributed by atoms with Crippen LogP contribution in [-0.4, -0.2) is 54.3 Å². The van der Waals surface area contributed by atoms with Crippen LogP contribution in [0.1, 0.15) is 21.5 Å². The van der Waals surface area contributed by atoms with Gasteiger partial charge in [-0.15, -0.1) is 0 Å². The number of aryl methyl sites for hydroxylation is 1. The Morgan fingerprint density at radius 1 is 0.935 bits per heavy atom. The third kappa shape index (κ3) is 5.48. The van der Waals surface area contributed by atoms with Crippen LogP contribution in [0.4, 0.5) is 23.0 Å². The summed E-state index contributed by atoms with van der Waals surface area (Å²) in [5.74, 6) is 1.48. The molecule has 0 atom stereocenters. The van der Waals surface area contributed by atoms with Crippen molar-refractivity contribution in [2.24, 2.45) is 0 Å². The second-order valence-corrected chi connectivity index (χ2v) is 8.09. The molecule has 0 bridgehead atoms. The van der Waals surface area contributed by atoms with Gasteiger partial charge in [-0.05, 0) is 55.4 Å². The summed E-state index contributed by atoms with van der Waals surface area (Å²) in [5.41, 5.74) is 4.68. The Morgan fingerprint density at radius 2 is 1.68 bits per heavy atom. The molecule has 1 saturated heterocycles. The van der Waals surface area contributed by atoms with E-state index in [1.165, 1.54) is 5.56 Å². The van der Waals surface area contributed by atoms with Gasteiger partial charge in [-0.3, -0.25) is 9.69 Å². The highest BCUT2D eigenvalue weighted by atomic mass is 16.1. The number of carbonyl (C=O) groups excluding carboxylic acids is 1. The first-order valence-electron chi connectivity index (χ1n) is 10.7. The first-order valence-corrected chi connectivity index (χ1v) is 10.7. The molecule has 1 aromatic heterocycles. The smallest absolute Gasteiger partial charge is 0.152 e. The molecule has 6 nitrogen and oxygen atoms in total. The number of benzene rings is 2. The molecule has 1 aliphatic heterocycles. The predicted octanol–water partition coefficient (Wildman–Crippen LogP) is 4.44. The van der Waals surface area contributed by atoms with E-state index in [2.05, 4.69) is 51.7 Å². The number of anilines is 4. The molecule has 2 N–H and O–H groups in total. The van der Waals surface area contributed by atoms with Gasteiger partial charge >= 0.3 is 0 Å². The van der Waals surface area contributed by atoms with E-state index >= 15 is 0 Å². The number of hydrogen-bond donors (Lipinski definition) is 2. The molecule has 0 unspecified atom stereocenters. The van der Waals surface area contributed by atoms with Crippen LogP contribution in [0.5, 0.6) is 0 Å². The average Bonchev–Trinajstić information content (AvgIpc) is 2.79. The minimum atomic E-state index is 0.609. The summed E-state index contributed by atoms with van der Waals surface area (Å²) in [6.45, 7) is 7.48. The van der Waals surface area contributed by atoms with Crippen LogP contribution in [0.25, 0.3) is 0 Å². The maximum absolute atomic E-state index is 11.3. The lowest BCUT2D eigenvalue weighted by molar-refractivity contribution is 0.112. The molecule has 2 aromatic carbocycles. The predicted molar refractivity (Wildman–Crippen MR) is 127 cm³/mol. The third-order valence-corrected chi connectivity index (χ3v) is 5.67. The highest BCUT2D eigenvalue weighted by molar-refractivity contribution is 5.85. The van der Waals surface area contributed by atoms with Gasteiger partial charge in [0.1, 0.15) is 11.6 Å². The summed E-state index contributed by atoms with van der Waals surface area (Å²) in [4.78, 5) is 20.9. The number of aldehydes is 1. The van der Waals surface area contributed by atoms with Crippen LogP contribution < -0.4 is 10.6 Å². The highest BCUT2D eigenvalue weighted by Crippen LogP contribution is 2.24. The van der Waals surface area contributed by atoms with E-state index in [9.17, 15) is 4.79 Å². The Bertz CT molecular complexity index is 1030. The maximum Gasteiger partial charge on any atom is 0.152 e. The number of aromatic nitrogens is 1. The van der Waals surface area contributed by atoms with Gasteiger partial charge < -0.3 is 15.5 Å². The topological polar surface area (TPSA) is 60.5 Å². The number of pyridine rings is 1. The summed E-state index contributed by atoms with van der Waals surface area (Å²) < 4.78 is 0. The molecule has 160 valence electrons. The number of rotatable bonds is 7. The van der Waals surface area contributed by atoms with Gasteiger partial charge in [0.15, 0.2) is 6.29 Å². The molecular weight excluding hydrogens is 386 g/mol. The van der Waals surface area contributed by atoms with Crippen molar-refractivity contribution in [1.29, 1.82) is 0 Å². The standard InChI is InChI=1S/C25H29N5O/c1-19-7-12-24(28-25(19)27-23-6-4-3-5-21(23)18-31)26-22-10-8-20(9-11-22)17-30-15-13-29(2)14-16-30/h3-12,18H,13-17H2,1-2H3,(H2,26,27,28). The zero-order valence-corrected chi connectivity index (χ0v) is 18.1. The number of piperazine rings is 1. The maximum atomic E-state index is 11.3. The van der Waals surface area contributed by atoms with Crippen molar-refractivity contribution in [3.05, 3.63) is 77.4 Å². The van der Waals surface area contributed by atoms with Gasteiger partial charge in [0.05, 0.1) is 5.69 Å². The van der Waals surface area contributed by atoms with E-state index in [-0.39, 0.29) is 0 Å². The van der Waals surface area contributed by atoms with Gasteiger partial charge in [0.2, 0.25) is 0 Å². The van der Waals surface area contributed by atoms with E-state index in [0.29, 0.717) is 5.56 Å². The number of carbonyl (C=O) groups is 1. The zero-order chi connectivity index (χ0) is 21.6. The van der Waals surface area contributed by atoms with Crippen LogP contribution in [0, 0.1) is 6.92 Å². The Balaban J connectivity index is 1.42. The summed E-state index contributed by atoms with van der Waals surface area (Å²) >= 11 is 0. The molecule has 0 saturated carbocycles. The van der Waals surface area contributed by atoms with Crippen LogP contribution in [0.15, 0.2) is 60.7 Å². The number of hydrogen-bond acceptors (Lipinski definition) is 6. The lowest BCUT2D eigenvalue weighted by atomic mass is 10.1. The summed E-state index contributed by atoms with van der Waals surface area (Å²) in [7, 11) is 2.18. The van der Waals surface area contributed by atoms with Crippen molar-refractivity contribution in [2.75, 3.05) is 43.9 Å². The quantitative estimate of drug-likeness (QED) is 0.557. The second-order valence-electron chi connectivity index (χ2n) is 8.09. The van der Waals surface area contributed by atoms with Crippen molar-refractivity contribution < 1.29 is 4.79 Å². The van der Waals surface area contributed by atoms with Gasteiger partial charge in [-0.25, -0.2) is 4.98 Å². The van der Waals surface area contributed by atoms with E-state index in [0.717, 1.165) is 67.6 Å². The number of nitrogens with zero attached hydrogens (tertiary/aromatic N) is 3. The first-order chi connectivity index (χ1) is 15.1. The van der Waals surface area contributed by atoms with E-state index < -0.39 is 0 Å². The van der Waals surface area contributed by atoms with E-state index in [1.54, 1.807) is 6.07 Å². The van der Waals surface area contributed by atoms with Crippen molar-refractivity contribution in [2.45, 2.75) is 13.5 Å². The fourth-order valence-electron chi connectivity index (χ4n) is 3.67. The van der Waals surface area contributed by atoms with Crippen molar-refractivity contribution in [3.63, 3.8) is 0 Å². The summed E-state index contributed by atoms with van der Waals surface area (Å²) in [6.07, 6.45) is 0.851. The zero-order valence-electron chi connectivity index (χ0n) is 18.1. The molecule has 1 aliphatic rings. The van der Waals surface area contributed by atoms with Gasteiger partial charge in [-0.1, -0.05) is 30.3 Å². The molecule has 0 aliphatic carbocycles. The summed E-state index contributed by atoms with van der Waals surface area (Å²) in [5, 5.41) is 6.67. The minimum absolute atomic E-state index is 0.609. The van der Waals surface area contributed by atoms with Gasteiger partial charge in [0, 0.05) is 44.0 Å². The SMILES string of the molecule is Cc1ccc(Nc2ccc(CN3CCN(C)CC3)cc2)nc1Nc1ccccc1C=O. The van der Waals surface area contributed by atoms with Crippen molar-refractivity contribution in [3.8, 4) is 0 Å². The van der Waals surface area contributed by atoms with Crippen LogP contribution >= 0.6 is 0 Å². The fourth-order valence-corrected chi connectivity index (χ4v) is 3.67. The molecule has 1 fully saturated rings. The van der Waals surface area contributed by atoms with Crippen LogP contribution in [-0.2, 0) is 6.54 Å². The lowest BCUT2D eigenvalue weighted by Crippen LogP contribution is -2.43. The Hall–Kier alpha value is -3.22. The molecule has 6 heteroatoms. The fraction of sp³-hybridized carbons (Fsp3) is 0.280. The Morgan fingerprint density at radius 3 is 2.42 bits per heavy atom. The van der Waals surface area contributed by atoms with Gasteiger partial charge in [-0.2, -0.15) is 0 Å². The van der Waals surface area contributed by atoms with Crippen LogP contribution in [0.2, 0.25) is 0 Å². The molecule has 0 radical (unpaired) electrons. The molecule has 3 aromatic rings. The normalized spacial score (nSPS) is 14.9. The minimum Gasteiger partial charge on any atom is -0.340 e. The van der Waals surface area contributed by atoms with E-state index in [4.69, 9.17) is 4.98 Å². The summed E-state index contributed by atoms with van der Waals surface area (Å²) in [6, 6.07) is 19.9. The van der Waals surface area contributed by atoms with E-state index in [1.807, 2.05) is 37.3 Å². The number of para-hydroxylation sites is 1. The Labute approximate surface area is 183 Å². The third-order valence-electron chi connectivity index (χ3n) is 5.67. The average molecular weight is 416 g/mol.